The third kappa shape index (κ3) is 5.49. The smallest absolute Gasteiger partial charge is 0.166 e. The minimum Gasteiger partial charge on any atom is -0.308 e. The second kappa shape index (κ2) is 12.7. The van der Waals surface area contributed by atoms with Crippen molar-refractivity contribution >= 4 is 21.8 Å². The lowest BCUT2D eigenvalue weighted by molar-refractivity contribution is 1.06. The summed E-state index contributed by atoms with van der Waals surface area (Å²) in [7, 11) is 0. The van der Waals surface area contributed by atoms with Crippen molar-refractivity contribution in [2.24, 2.45) is 0 Å². The summed E-state index contributed by atoms with van der Waals surface area (Å²) in [5.41, 5.74) is 10.2. The van der Waals surface area contributed by atoms with Crippen molar-refractivity contribution in [1.29, 1.82) is 5.26 Å². The van der Waals surface area contributed by atoms with Gasteiger partial charge in [0.1, 0.15) is 0 Å². The first-order chi connectivity index (χ1) is 25.2. The zero-order valence-corrected chi connectivity index (χ0v) is 27.3. The Balaban J connectivity index is 1.34. The van der Waals surface area contributed by atoms with Gasteiger partial charge in [0.15, 0.2) is 17.5 Å². The number of benzene rings is 6. The van der Waals surface area contributed by atoms with Gasteiger partial charge in [0.25, 0.3) is 0 Å². The van der Waals surface area contributed by atoms with Crippen molar-refractivity contribution in [2.75, 3.05) is 0 Å². The molecule has 3 aromatic heterocycles. The largest absolute Gasteiger partial charge is 0.308 e. The molecule has 9 aromatic rings. The van der Waals surface area contributed by atoms with Gasteiger partial charge in [-0.2, -0.15) is 5.26 Å². The van der Waals surface area contributed by atoms with Gasteiger partial charge in [-0.05, 0) is 59.7 Å². The van der Waals surface area contributed by atoms with E-state index in [1.165, 1.54) is 0 Å². The van der Waals surface area contributed by atoms with E-state index < -0.39 is 0 Å². The van der Waals surface area contributed by atoms with Crippen LogP contribution in [0.5, 0.6) is 0 Å². The molecule has 0 saturated heterocycles. The molecular weight excluding hydrogens is 625 g/mol. The fourth-order valence-corrected chi connectivity index (χ4v) is 6.68. The lowest BCUT2D eigenvalue weighted by atomic mass is 10.0. The van der Waals surface area contributed by atoms with Gasteiger partial charge in [0, 0.05) is 39.2 Å². The minimum atomic E-state index is 0.560. The molecule has 0 aliphatic heterocycles. The van der Waals surface area contributed by atoms with Crippen molar-refractivity contribution in [1.82, 2.24) is 24.5 Å². The number of nitrogens with zero attached hydrogens (tertiary/aromatic N) is 6. The molecule has 0 radical (unpaired) electrons. The van der Waals surface area contributed by atoms with E-state index in [1.54, 1.807) is 0 Å². The van der Waals surface area contributed by atoms with Gasteiger partial charge in [-0.25, -0.2) is 15.0 Å². The van der Waals surface area contributed by atoms with E-state index >= 15 is 0 Å². The Morgan fingerprint density at radius 3 is 1.75 bits per heavy atom. The Kier molecular flexibility index (Phi) is 7.42. The standard InChI is InChI=1S/C45H28N6/c46-29-30-18-20-31(21-19-30)34-22-24-37-36-15-7-8-17-40(36)51(42(37)28-34)41-25-23-35(39-16-9-10-26-47-39)27-38(41)45-49-43(32-11-3-1-4-12-32)48-44(50-45)33-13-5-2-6-14-33/h1-28H. The lowest BCUT2D eigenvalue weighted by Crippen LogP contribution is -2.04. The highest BCUT2D eigenvalue weighted by Crippen LogP contribution is 2.39. The third-order valence-corrected chi connectivity index (χ3v) is 9.16. The Bertz CT molecular complexity index is 2670. The molecule has 0 N–H and O–H groups in total. The van der Waals surface area contributed by atoms with E-state index in [0.717, 1.165) is 66.6 Å². The van der Waals surface area contributed by atoms with Crippen LogP contribution in [0.2, 0.25) is 0 Å². The van der Waals surface area contributed by atoms with Crippen molar-refractivity contribution in [3.8, 4) is 68.3 Å². The molecule has 0 atom stereocenters. The van der Waals surface area contributed by atoms with Gasteiger partial charge < -0.3 is 4.57 Å². The van der Waals surface area contributed by atoms with E-state index in [-0.39, 0.29) is 0 Å². The summed E-state index contributed by atoms with van der Waals surface area (Å²) in [5.74, 6) is 1.75. The summed E-state index contributed by atoms with van der Waals surface area (Å²) in [6.45, 7) is 0. The van der Waals surface area contributed by atoms with Crippen molar-refractivity contribution in [3.63, 3.8) is 0 Å². The zero-order valence-electron chi connectivity index (χ0n) is 27.3. The normalized spacial score (nSPS) is 11.1. The molecule has 238 valence electrons. The zero-order chi connectivity index (χ0) is 34.1. The number of rotatable bonds is 6. The molecule has 0 fully saturated rings. The average molecular weight is 653 g/mol. The molecule has 51 heavy (non-hydrogen) atoms. The molecule has 0 aliphatic carbocycles. The third-order valence-electron chi connectivity index (χ3n) is 9.16. The van der Waals surface area contributed by atoms with Crippen molar-refractivity contribution in [2.45, 2.75) is 0 Å². The molecule has 0 spiro atoms. The topological polar surface area (TPSA) is 80.3 Å². The monoisotopic (exact) mass is 652 g/mol. The molecule has 9 rings (SSSR count). The van der Waals surface area contributed by atoms with Gasteiger partial charge in [0.2, 0.25) is 0 Å². The molecule has 6 heteroatoms. The molecule has 6 nitrogen and oxygen atoms in total. The quantitative estimate of drug-likeness (QED) is 0.179. The number of para-hydroxylation sites is 1. The van der Waals surface area contributed by atoms with E-state index in [0.29, 0.717) is 23.0 Å². The van der Waals surface area contributed by atoms with Gasteiger partial charge >= 0.3 is 0 Å². The van der Waals surface area contributed by atoms with Crippen LogP contribution in [0.25, 0.3) is 84.0 Å². The summed E-state index contributed by atoms with van der Waals surface area (Å²) < 4.78 is 2.31. The number of pyridine rings is 1. The number of hydrogen-bond acceptors (Lipinski definition) is 5. The Morgan fingerprint density at radius 1 is 0.451 bits per heavy atom. The fourth-order valence-electron chi connectivity index (χ4n) is 6.68. The summed E-state index contributed by atoms with van der Waals surface area (Å²) in [5, 5.41) is 11.7. The molecule has 0 amide bonds. The second-order valence-corrected chi connectivity index (χ2v) is 12.3. The maximum atomic E-state index is 9.39. The highest BCUT2D eigenvalue weighted by atomic mass is 15.1. The molecule has 0 bridgehead atoms. The van der Waals surface area contributed by atoms with Gasteiger partial charge in [-0.1, -0.05) is 115 Å². The SMILES string of the molecule is N#Cc1ccc(-c2ccc3c4ccccc4n(-c4ccc(-c5ccccn5)cc4-c4nc(-c5ccccc5)nc(-c5ccccc5)n4)c3c2)cc1. The molecule has 6 aromatic carbocycles. The number of nitriles is 1. The van der Waals surface area contributed by atoms with Crippen LogP contribution in [-0.2, 0) is 0 Å². The molecule has 0 aliphatic rings. The highest BCUT2D eigenvalue weighted by molar-refractivity contribution is 6.10. The summed E-state index contributed by atoms with van der Waals surface area (Å²) in [6.07, 6.45) is 1.81. The van der Waals surface area contributed by atoms with Crippen LogP contribution in [0.3, 0.4) is 0 Å². The van der Waals surface area contributed by atoms with E-state index in [1.807, 2.05) is 109 Å². The van der Waals surface area contributed by atoms with Gasteiger partial charge in [-0.15, -0.1) is 0 Å². The number of fused-ring (bicyclic) bond motifs is 3. The maximum absolute atomic E-state index is 9.39. The van der Waals surface area contributed by atoms with Crippen LogP contribution in [0.4, 0.5) is 0 Å². The van der Waals surface area contributed by atoms with Gasteiger partial charge in [-0.3, -0.25) is 4.98 Å². The summed E-state index contributed by atoms with van der Waals surface area (Å²) in [6, 6.07) is 57.4. The first kappa shape index (κ1) is 29.9. The van der Waals surface area contributed by atoms with E-state index in [9.17, 15) is 5.26 Å². The predicted molar refractivity (Wildman–Crippen MR) is 204 cm³/mol. The van der Waals surface area contributed by atoms with Crippen molar-refractivity contribution in [3.05, 3.63) is 176 Å². The first-order valence-corrected chi connectivity index (χ1v) is 16.7. The molecule has 0 saturated carbocycles. The Labute approximate surface area is 294 Å². The molecule has 0 unspecified atom stereocenters. The summed E-state index contributed by atoms with van der Waals surface area (Å²) >= 11 is 0. The van der Waals surface area contributed by atoms with Crippen LogP contribution in [0.1, 0.15) is 5.56 Å². The second-order valence-electron chi connectivity index (χ2n) is 12.3. The predicted octanol–water partition coefficient (Wildman–Crippen LogP) is 10.6. The molecule has 3 heterocycles. The average Bonchev–Trinajstić information content (AvgIpc) is 3.55. The number of aromatic nitrogens is 5. The first-order valence-electron chi connectivity index (χ1n) is 16.7. The maximum Gasteiger partial charge on any atom is 0.166 e. The minimum absolute atomic E-state index is 0.560. The van der Waals surface area contributed by atoms with Gasteiger partial charge in [0.05, 0.1) is 34.0 Å². The van der Waals surface area contributed by atoms with Crippen molar-refractivity contribution < 1.29 is 0 Å². The lowest BCUT2D eigenvalue weighted by Gasteiger charge is -2.16. The van der Waals surface area contributed by atoms with Crippen LogP contribution in [-0.4, -0.2) is 24.5 Å². The number of hydrogen-bond donors (Lipinski definition) is 0. The van der Waals surface area contributed by atoms with E-state index in [2.05, 4.69) is 76.3 Å². The summed E-state index contributed by atoms with van der Waals surface area (Å²) in [4.78, 5) is 20.0. The van der Waals surface area contributed by atoms with Crippen LogP contribution in [0.15, 0.2) is 170 Å². The molecular formula is C45H28N6. The van der Waals surface area contributed by atoms with Crippen LogP contribution in [0, 0.1) is 11.3 Å². The highest BCUT2D eigenvalue weighted by Gasteiger charge is 2.21. The fraction of sp³-hybridized carbons (Fsp3) is 0. The van der Waals surface area contributed by atoms with Crippen LogP contribution < -0.4 is 0 Å². The van der Waals surface area contributed by atoms with Crippen LogP contribution >= 0.6 is 0 Å². The Hall–Kier alpha value is -7.23. The Morgan fingerprint density at radius 2 is 1.06 bits per heavy atom. The van der Waals surface area contributed by atoms with E-state index in [4.69, 9.17) is 15.0 Å².